The fourth-order valence-corrected chi connectivity index (χ4v) is 2.49. The predicted molar refractivity (Wildman–Crippen MR) is 83.4 cm³/mol. The summed E-state index contributed by atoms with van der Waals surface area (Å²) in [6.45, 7) is 3.58. The summed E-state index contributed by atoms with van der Waals surface area (Å²) in [4.78, 5) is 0. The minimum Gasteiger partial charge on any atom is -0.381 e. The Morgan fingerprint density at radius 3 is 2.63 bits per heavy atom. The second-order valence-corrected chi connectivity index (χ2v) is 5.48. The van der Waals surface area contributed by atoms with Gasteiger partial charge in [-0.25, -0.2) is 0 Å². The Labute approximate surface area is 122 Å². The highest BCUT2D eigenvalue weighted by atomic mass is 79.9. The maximum absolute atomic E-state index is 5.15. The number of aryl methyl sites for hydroxylation is 1. The van der Waals surface area contributed by atoms with Gasteiger partial charge in [0.25, 0.3) is 0 Å². The molecule has 2 rings (SSSR count). The molecule has 0 saturated carbocycles. The van der Waals surface area contributed by atoms with Crippen LogP contribution in [-0.4, -0.2) is 7.11 Å². The Balaban J connectivity index is 2.03. The van der Waals surface area contributed by atoms with Crippen LogP contribution in [-0.2, 0) is 17.9 Å². The van der Waals surface area contributed by atoms with Gasteiger partial charge < -0.3 is 10.1 Å². The van der Waals surface area contributed by atoms with Crippen LogP contribution in [0.4, 0.5) is 5.69 Å². The number of anilines is 1. The zero-order valence-corrected chi connectivity index (χ0v) is 12.8. The van der Waals surface area contributed by atoms with Crippen molar-refractivity contribution in [1.82, 2.24) is 0 Å². The van der Waals surface area contributed by atoms with Crippen molar-refractivity contribution in [2.75, 3.05) is 12.4 Å². The normalized spacial score (nSPS) is 10.5. The Hall–Kier alpha value is -1.32. The molecule has 2 aromatic carbocycles. The summed E-state index contributed by atoms with van der Waals surface area (Å²) >= 11 is 3.48. The lowest BCUT2D eigenvalue weighted by atomic mass is 10.1. The smallest absolute Gasteiger partial charge is 0.0713 e. The van der Waals surface area contributed by atoms with E-state index in [4.69, 9.17) is 4.74 Å². The van der Waals surface area contributed by atoms with Crippen LogP contribution in [0.3, 0.4) is 0 Å². The molecule has 0 spiro atoms. The Kier molecular flexibility index (Phi) is 5.00. The molecule has 0 radical (unpaired) electrons. The van der Waals surface area contributed by atoms with Gasteiger partial charge in [0, 0.05) is 23.8 Å². The molecule has 2 nitrogen and oxygen atoms in total. The number of nitrogens with one attached hydrogen (secondary N) is 1. The van der Waals surface area contributed by atoms with Crippen LogP contribution >= 0.6 is 15.9 Å². The highest BCUT2D eigenvalue weighted by Crippen LogP contribution is 2.20. The van der Waals surface area contributed by atoms with Gasteiger partial charge in [-0.05, 0) is 41.8 Å². The van der Waals surface area contributed by atoms with Crippen molar-refractivity contribution in [2.24, 2.45) is 0 Å². The highest BCUT2D eigenvalue weighted by Gasteiger charge is 2.00. The topological polar surface area (TPSA) is 21.3 Å². The first-order valence-corrected chi connectivity index (χ1v) is 7.05. The molecule has 0 heterocycles. The first-order chi connectivity index (χ1) is 9.19. The van der Waals surface area contributed by atoms with Crippen molar-refractivity contribution in [3.05, 3.63) is 63.6 Å². The Morgan fingerprint density at radius 2 is 1.89 bits per heavy atom. The lowest BCUT2D eigenvalue weighted by Crippen LogP contribution is -2.01. The zero-order chi connectivity index (χ0) is 13.7. The fraction of sp³-hybridized carbons (Fsp3) is 0.250. The largest absolute Gasteiger partial charge is 0.381 e. The zero-order valence-electron chi connectivity index (χ0n) is 11.2. The number of rotatable bonds is 5. The molecule has 0 fully saturated rings. The minimum absolute atomic E-state index is 0.658. The maximum atomic E-state index is 5.15. The average Bonchev–Trinajstić information content (AvgIpc) is 2.38. The monoisotopic (exact) mass is 319 g/mol. The molecular formula is C16H18BrNO. The van der Waals surface area contributed by atoms with Crippen molar-refractivity contribution in [3.8, 4) is 0 Å². The summed E-state index contributed by atoms with van der Waals surface area (Å²) in [5, 5.41) is 3.46. The molecule has 0 aliphatic carbocycles. The summed E-state index contributed by atoms with van der Waals surface area (Å²) in [7, 11) is 1.72. The first kappa shape index (κ1) is 14.1. The molecule has 2 aromatic rings. The number of hydrogen-bond acceptors (Lipinski definition) is 2. The number of benzene rings is 2. The molecule has 0 atom stereocenters. The number of halogens is 1. The van der Waals surface area contributed by atoms with E-state index in [-0.39, 0.29) is 0 Å². The van der Waals surface area contributed by atoms with E-state index in [1.807, 2.05) is 0 Å². The van der Waals surface area contributed by atoms with Crippen LogP contribution in [0.1, 0.15) is 16.7 Å². The molecule has 1 N–H and O–H groups in total. The third kappa shape index (κ3) is 4.08. The van der Waals surface area contributed by atoms with Crippen LogP contribution in [0, 0.1) is 6.92 Å². The summed E-state index contributed by atoms with van der Waals surface area (Å²) < 4.78 is 6.26. The highest BCUT2D eigenvalue weighted by molar-refractivity contribution is 9.10. The van der Waals surface area contributed by atoms with E-state index in [1.54, 1.807) is 7.11 Å². The molecule has 100 valence electrons. The van der Waals surface area contributed by atoms with Crippen molar-refractivity contribution in [3.63, 3.8) is 0 Å². The summed E-state index contributed by atoms with van der Waals surface area (Å²) in [6, 6.07) is 14.7. The van der Waals surface area contributed by atoms with Gasteiger partial charge in [-0.15, -0.1) is 0 Å². The van der Waals surface area contributed by atoms with Crippen molar-refractivity contribution >= 4 is 21.6 Å². The maximum Gasteiger partial charge on any atom is 0.0713 e. The quantitative estimate of drug-likeness (QED) is 0.875. The lowest BCUT2D eigenvalue weighted by Gasteiger charge is -2.11. The second-order valence-electron chi connectivity index (χ2n) is 4.57. The van der Waals surface area contributed by atoms with E-state index in [2.05, 4.69) is 70.6 Å². The molecule has 0 aromatic heterocycles. The SMILES string of the molecule is COCc1cccc(CNc2ccc(Br)cc2C)c1. The van der Waals surface area contributed by atoms with Gasteiger partial charge >= 0.3 is 0 Å². The summed E-state index contributed by atoms with van der Waals surface area (Å²) in [5.41, 5.74) is 4.87. The van der Waals surface area contributed by atoms with Crippen molar-refractivity contribution in [1.29, 1.82) is 0 Å². The van der Waals surface area contributed by atoms with Crippen LogP contribution in [0.15, 0.2) is 46.9 Å². The molecule has 3 heteroatoms. The first-order valence-electron chi connectivity index (χ1n) is 6.26. The van der Waals surface area contributed by atoms with E-state index in [0.717, 1.165) is 11.0 Å². The molecule has 0 aliphatic heterocycles. The third-order valence-corrected chi connectivity index (χ3v) is 3.47. The van der Waals surface area contributed by atoms with Gasteiger partial charge in [0.05, 0.1) is 6.61 Å². The standard InChI is InChI=1S/C16H18BrNO/c1-12-8-15(17)6-7-16(12)18-10-13-4-3-5-14(9-13)11-19-2/h3-9,18H,10-11H2,1-2H3. The van der Waals surface area contributed by atoms with Crippen LogP contribution in [0.5, 0.6) is 0 Å². The molecule has 0 unspecified atom stereocenters. The van der Waals surface area contributed by atoms with Gasteiger partial charge in [-0.2, -0.15) is 0 Å². The van der Waals surface area contributed by atoms with E-state index < -0.39 is 0 Å². The van der Waals surface area contributed by atoms with E-state index in [9.17, 15) is 0 Å². The van der Waals surface area contributed by atoms with Crippen LogP contribution < -0.4 is 5.32 Å². The molecular weight excluding hydrogens is 302 g/mol. The third-order valence-electron chi connectivity index (χ3n) is 2.97. The van der Waals surface area contributed by atoms with E-state index in [1.165, 1.54) is 22.4 Å². The average molecular weight is 320 g/mol. The predicted octanol–water partition coefficient (Wildman–Crippen LogP) is 4.52. The van der Waals surface area contributed by atoms with Crippen molar-refractivity contribution in [2.45, 2.75) is 20.1 Å². The van der Waals surface area contributed by atoms with Gasteiger partial charge in [0.2, 0.25) is 0 Å². The molecule has 0 bridgehead atoms. The second kappa shape index (κ2) is 6.73. The number of hydrogen-bond donors (Lipinski definition) is 1. The van der Waals surface area contributed by atoms with Crippen LogP contribution in [0.2, 0.25) is 0 Å². The summed E-state index contributed by atoms with van der Waals surface area (Å²) in [5.74, 6) is 0. The van der Waals surface area contributed by atoms with Gasteiger partial charge in [-0.3, -0.25) is 0 Å². The van der Waals surface area contributed by atoms with E-state index in [0.29, 0.717) is 6.61 Å². The Bertz CT molecular complexity index is 554. The Morgan fingerprint density at radius 1 is 1.11 bits per heavy atom. The number of methoxy groups -OCH3 is 1. The fourth-order valence-electron chi connectivity index (χ4n) is 2.02. The minimum atomic E-state index is 0.658. The summed E-state index contributed by atoms with van der Waals surface area (Å²) in [6.07, 6.45) is 0. The van der Waals surface area contributed by atoms with Gasteiger partial charge in [0.15, 0.2) is 0 Å². The van der Waals surface area contributed by atoms with Gasteiger partial charge in [-0.1, -0.05) is 40.2 Å². The molecule has 0 aliphatic rings. The molecule has 19 heavy (non-hydrogen) atoms. The lowest BCUT2D eigenvalue weighted by molar-refractivity contribution is 0.185. The van der Waals surface area contributed by atoms with E-state index >= 15 is 0 Å². The molecule has 0 saturated heterocycles. The molecule has 0 amide bonds. The van der Waals surface area contributed by atoms with Gasteiger partial charge in [0.1, 0.15) is 0 Å². The number of ether oxygens (including phenoxy) is 1. The van der Waals surface area contributed by atoms with Crippen LogP contribution in [0.25, 0.3) is 0 Å². The van der Waals surface area contributed by atoms with Crippen molar-refractivity contribution < 1.29 is 4.74 Å².